The van der Waals surface area contributed by atoms with Crippen LogP contribution >= 0.6 is 0 Å². The molecule has 0 aliphatic carbocycles. The van der Waals surface area contributed by atoms with Crippen LogP contribution in [0, 0.1) is 10.8 Å². The molecule has 0 heterocycles. The molecule has 0 saturated heterocycles. The molecule has 0 bridgehead atoms. The molecule has 6 heavy (non-hydrogen) atoms. The van der Waals surface area contributed by atoms with Crippen LogP contribution in [0.3, 0.4) is 0 Å². The molecule has 0 radical (unpaired) electrons. The van der Waals surface area contributed by atoms with Gasteiger partial charge in [0, 0.05) is 4.66 Å². The first-order valence-electron chi connectivity index (χ1n) is 0.478. The van der Waals surface area contributed by atoms with E-state index in [0.29, 0.717) is 0 Å². The molecule has 0 rings (SSSR count). The summed E-state index contributed by atoms with van der Waals surface area (Å²) in [6.07, 6.45) is 0. The van der Waals surface area contributed by atoms with Crippen LogP contribution in [0.1, 0.15) is 1.43 Å². The minimum Gasteiger partial charge on any atom is -1.00 e. The zero-order valence-electron chi connectivity index (χ0n) is 4.14. The second-order valence-corrected chi connectivity index (χ2v) is 0.603. The number of hydrogen-bond donors (Lipinski definition) is 1. The van der Waals surface area contributed by atoms with Crippen molar-refractivity contribution in [2.24, 2.45) is 0 Å². The molecule has 0 aromatic rings. The molecule has 4 nitrogen and oxygen atoms in total. The van der Waals surface area contributed by atoms with Crippen molar-refractivity contribution in [1.29, 1.82) is 0 Å². The molecule has 0 amide bonds. The summed E-state index contributed by atoms with van der Waals surface area (Å²) < 4.78 is 24.0. The van der Waals surface area contributed by atoms with Gasteiger partial charge in [-0.1, -0.05) is 0 Å². The summed E-state index contributed by atoms with van der Waals surface area (Å²) in [5.41, 5.74) is 0. The van der Waals surface area contributed by atoms with Crippen LogP contribution in [0.25, 0.3) is 0 Å². The van der Waals surface area contributed by atoms with Gasteiger partial charge in [0.2, 0.25) is 0 Å². The summed E-state index contributed by atoms with van der Waals surface area (Å²) in [7, 11) is -2.60. The van der Waals surface area contributed by atoms with Gasteiger partial charge >= 0.3 is 18.9 Å². The summed E-state index contributed by atoms with van der Waals surface area (Å²) in [5.74, 6) is 0. The number of halogens is 1. The van der Waals surface area contributed by atoms with Gasteiger partial charge in [0.25, 0.3) is 10.8 Å². The van der Waals surface area contributed by atoms with Crippen LogP contribution in [-0.2, 0) is 0 Å². The van der Waals surface area contributed by atoms with Gasteiger partial charge in [-0.15, -0.1) is 0 Å². The van der Waals surface area contributed by atoms with Crippen LogP contribution in [0.5, 0.6) is 0 Å². The van der Waals surface area contributed by atoms with Crippen molar-refractivity contribution in [3.63, 3.8) is 0 Å². The smallest absolute Gasteiger partial charge is 1.00 e. The Kier molecular flexibility index (Phi) is 24.4. The Balaban J connectivity index is -0.0000000150. The molecule has 0 aromatic carbocycles. The van der Waals surface area contributed by atoms with Gasteiger partial charge in [0.05, 0.1) is 0 Å². The van der Waals surface area contributed by atoms with E-state index >= 15 is 0 Å². The third-order valence-corrected chi connectivity index (χ3v) is 0. The Hall–Kier alpha value is 0.727. The van der Waals surface area contributed by atoms with Crippen molar-refractivity contribution in [1.82, 2.24) is 0 Å². The third kappa shape index (κ3) is 124. The third-order valence-electron chi connectivity index (χ3n) is 0. The molecule has 0 aliphatic heterocycles. The normalized spacial score (nSPS) is 6.00. The maximum atomic E-state index is 8.52. The molecule has 0 spiro atoms. The molecule has 0 aromatic heterocycles. The van der Waals surface area contributed by atoms with E-state index in [1.807, 2.05) is 0 Å². The monoisotopic (exact) mass is 110 g/mol. The van der Waals surface area contributed by atoms with Gasteiger partial charge in [0.1, 0.15) is 0 Å². The van der Waals surface area contributed by atoms with Gasteiger partial charge in [0.15, 0.2) is 0 Å². The summed E-state index contributed by atoms with van der Waals surface area (Å²) in [4.78, 5) is 0. The van der Waals surface area contributed by atoms with E-state index < -0.39 is 10.8 Å². The molecular weight excluding hydrogens is 106 g/mol. The average molecular weight is 110 g/mol. The van der Waals surface area contributed by atoms with Crippen molar-refractivity contribution >= 4 is 0 Å². The van der Waals surface area contributed by atoms with E-state index in [2.05, 4.69) is 0 Å². The summed E-state index contributed by atoms with van der Waals surface area (Å²) in [5, 5.41) is 0. The first kappa shape index (κ1) is 15.9. The molecule has 0 saturated carbocycles. The second kappa shape index (κ2) is 9.21. The maximum absolute atomic E-state index is 8.52. The van der Waals surface area contributed by atoms with Gasteiger partial charge in [-0.05, 0) is 0 Å². The number of rotatable bonds is 0. The van der Waals surface area contributed by atoms with Crippen molar-refractivity contribution in [3.8, 4) is 0 Å². The summed E-state index contributed by atoms with van der Waals surface area (Å²) in [6, 6.07) is 0. The van der Waals surface area contributed by atoms with E-state index in [-0.39, 0.29) is 25.8 Å². The van der Waals surface area contributed by atoms with E-state index in [9.17, 15) is 0 Å². The quantitative estimate of drug-likeness (QED) is 0.314. The standard InChI is InChI=1S/ClHO3.Li.H2O.H/c2-1(3)4;;;/h2H;;1H2;/q;+1;;-1. The molecule has 3 N–H and O–H groups in total. The van der Waals surface area contributed by atoms with Gasteiger partial charge in [-0.25, -0.2) is 0 Å². The van der Waals surface area contributed by atoms with E-state index in [1.165, 1.54) is 0 Å². The first-order chi connectivity index (χ1) is 1.73. The first-order valence-corrected chi connectivity index (χ1v) is 1.43. The van der Waals surface area contributed by atoms with Gasteiger partial charge in [-0.2, -0.15) is 0 Å². The van der Waals surface area contributed by atoms with Crippen LogP contribution in [0.2, 0.25) is 0 Å². The molecular formula is H4ClLiO4. The minimum absolute atomic E-state index is 0. The Morgan fingerprint density at radius 3 is 1.50 bits per heavy atom. The average Bonchev–Trinajstić information content (AvgIpc) is 0.811. The predicted octanol–water partition coefficient (Wildman–Crippen LogP) is -6.64. The molecule has 0 atom stereocenters. The Bertz CT molecular complexity index is 16.4. The fourth-order valence-electron chi connectivity index (χ4n) is 0. The second-order valence-electron chi connectivity index (χ2n) is 0.201. The van der Waals surface area contributed by atoms with Gasteiger partial charge in [-0.3, -0.25) is 0 Å². The summed E-state index contributed by atoms with van der Waals surface area (Å²) in [6.45, 7) is 0. The zero-order valence-corrected chi connectivity index (χ0v) is 3.90. The molecule has 0 aliphatic rings. The fraction of sp³-hybridized carbons (Fsp3) is 0. The topological polar surface area (TPSA) is 97.9 Å². The molecule has 36 valence electrons. The van der Waals surface area contributed by atoms with Crippen molar-refractivity contribution in [3.05, 3.63) is 0 Å². The Morgan fingerprint density at radius 1 is 1.50 bits per heavy atom. The maximum Gasteiger partial charge on any atom is 1.00 e. The van der Waals surface area contributed by atoms with E-state index in [0.717, 1.165) is 0 Å². The van der Waals surface area contributed by atoms with Crippen molar-refractivity contribution in [2.75, 3.05) is 0 Å². The molecule has 6 heteroatoms. The SMILES string of the molecule is O.[H-].[Li+].[O-][Cl+2]([O-])O. The molecule has 0 fully saturated rings. The number of hydrogen-bond acceptors (Lipinski definition) is 3. The largest absolute Gasteiger partial charge is 1.00 e. The zero-order chi connectivity index (χ0) is 3.58. The van der Waals surface area contributed by atoms with Crippen molar-refractivity contribution < 1.29 is 50.5 Å². The minimum atomic E-state index is -2.60. The van der Waals surface area contributed by atoms with Crippen LogP contribution < -0.4 is 28.2 Å². The fourth-order valence-corrected chi connectivity index (χ4v) is 0. The van der Waals surface area contributed by atoms with Crippen molar-refractivity contribution in [2.45, 2.75) is 0 Å². The molecule has 0 unspecified atom stereocenters. The predicted molar refractivity (Wildman–Crippen MR) is 6.94 cm³/mol. The van der Waals surface area contributed by atoms with Gasteiger partial charge < -0.3 is 16.2 Å². The van der Waals surface area contributed by atoms with E-state index in [4.69, 9.17) is 14.0 Å². The van der Waals surface area contributed by atoms with E-state index in [1.54, 1.807) is 0 Å². The van der Waals surface area contributed by atoms with Crippen LogP contribution in [0.15, 0.2) is 0 Å². The summed E-state index contributed by atoms with van der Waals surface area (Å²) >= 11 is 0. The van der Waals surface area contributed by atoms with Crippen LogP contribution in [-0.4, -0.2) is 10.1 Å². The van der Waals surface area contributed by atoms with Crippen LogP contribution in [0.4, 0.5) is 0 Å². The Labute approximate surface area is 51.2 Å². The Morgan fingerprint density at radius 2 is 1.50 bits per heavy atom.